The van der Waals surface area contributed by atoms with Crippen LogP contribution in [-0.2, 0) is 0 Å². The number of oxazole rings is 1. The van der Waals surface area contributed by atoms with Crippen LogP contribution < -0.4 is 5.32 Å². The van der Waals surface area contributed by atoms with Crippen LogP contribution in [0.15, 0.2) is 10.7 Å². The summed E-state index contributed by atoms with van der Waals surface area (Å²) in [6.07, 6.45) is 3.25. The Hall–Kier alpha value is -1.52. The molecule has 0 bridgehead atoms. The maximum Gasteiger partial charge on any atom is 0.357 e. The van der Waals surface area contributed by atoms with Crippen LogP contribution in [0, 0.1) is 5.41 Å². The smallest absolute Gasteiger partial charge is 0.357 e. The number of rotatable bonds is 3. The van der Waals surface area contributed by atoms with E-state index < -0.39 is 5.97 Å². The van der Waals surface area contributed by atoms with Crippen LogP contribution in [0.25, 0.3) is 0 Å². The Morgan fingerprint density at radius 1 is 1.67 bits per heavy atom. The minimum Gasteiger partial charge on any atom is -0.476 e. The highest BCUT2D eigenvalue weighted by Gasteiger charge is 2.36. The predicted molar refractivity (Wildman–Crippen MR) is 53.9 cm³/mol. The number of aromatic nitrogens is 1. The van der Waals surface area contributed by atoms with Crippen molar-refractivity contribution in [3.05, 3.63) is 12.0 Å². The van der Waals surface area contributed by atoms with Crippen LogP contribution in [0.2, 0.25) is 0 Å². The van der Waals surface area contributed by atoms with Crippen LogP contribution in [0.3, 0.4) is 0 Å². The van der Waals surface area contributed by atoms with Crippen LogP contribution >= 0.6 is 0 Å². The molecule has 0 aromatic carbocycles. The summed E-state index contributed by atoms with van der Waals surface area (Å²) in [7, 11) is 0. The summed E-state index contributed by atoms with van der Waals surface area (Å²) in [5.74, 6) is -1.07. The second-order valence-electron chi connectivity index (χ2n) is 4.76. The first-order valence-corrected chi connectivity index (χ1v) is 4.92. The van der Waals surface area contributed by atoms with E-state index in [0.29, 0.717) is 17.5 Å². The number of carbonyl (C=O) groups is 1. The molecule has 0 saturated heterocycles. The summed E-state index contributed by atoms with van der Waals surface area (Å²) < 4.78 is 5.00. The molecule has 1 fully saturated rings. The Labute approximate surface area is 87.5 Å². The number of aromatic carboxylic acids is 1. The highest BCUT2D eigenvalue weighted by Crippen LogP contribution is 2.41. The molecule has 82 valence electrons. The Bertz CT molecular complexity index is 376. The fraction of sp³-hybridized carbons (Fsp3) is 0.600. The van der Waals surface area contributed by atoms with Gasteiger partial charge in [-0.25, -0.2) is 4.79 Å². The van der Waals surface area contributed by atoms with Crippen molar-refractivity contribution < 1.29 is 14.3 Å². The van der Waals surface area contributed by atoms with Crippen molar-refractivity contribution >= 4 is 12.0 Å². The van der Waals surface area contributed by atoms with E-state index in [1.54, 1.807) is 0 Å². The normalized spacial score (nSPS) is 19.6. The highest BCUT2D eigenvalue weighted by atomic mass is 16.4. The van der Waals surface area contributed by atoms with Gasteiger partial charge in [-0.1, -0.05) is 13.8 Å². The van der Waals surface area contributed by atoms with Gasteiger partial charge in [-0.2, -0.15) is 4.98 Å². The van der Waals surface area contributed by atoms with E-state index in [2.05, 4.69) is 24.1 Å². The van der Waals surface area contributed by atoms with Crippen molar-refractivity contribution in [1.82, 2.24) is 4.98 Å². The second kappa shape index (κ2) is 3.25. The monoisotopic (exact) mass is 210 g/mol. The van der Waals surface area contributed by atoms with Gasteiger partial charge in [0, 0.05) is 6.04 Å². The van der Waals surface area contributed by atoms with Crippen LogP contribution in [-0.4, -0.2) is 22.1 Å². The van der Waals surface area contributed by atoms with Gasteiger partial charge < -0.3 is 14.8 Å². The standard InChI is InChI=1S/C10H14N2O3/c1-10(2)3-6(4-10)11-9-12-7(5-15-9)8(13)14/h5-6H,3-4H2,1-2H3,(H,11,12)(H,13,14). The van der Waals surface area contributed by atoms with Crippen LogP contribution in [0.5, 0.6) is 0 Å². The number of carboxylic acids is 1. The molecule has 0 radical (unpaired) electrons. The van der Waals surface area contributed by atoms with E-state index in [1.807, 2.05) is 0 Å². The molecule has 1 aromatic rings. The topological polar surface area (TPSA) is 75.4 Å². The summed E-state index contributed by atoms with van der Waals surface area (Å²) in [5, 5.41) is 11.7. The Kier molecular flexibility index (Phi) is 2.17. The number of hydrogen-bond acceptors (Lipinski definition) is 4. The van der Waals surface area contributed by atoms with Crippen molar-refractivity contribution in [3.8, 4) is 0 Å². The van der Waals surface area contributed by atoms with Gasteiger partial charge in [-0.3, -0.25) is 0 Å². The molecular weight excluding hydrogens is 196 g/mol. The fourth-order valence-electron chi connectivity index (χ4n) is 1.99. The maximum atomic E-state index is 10.5. The first-order chi connectivity index (χ1) is 6.96. The van der Waals surface area contributed by atoms with Crippen LogP contribution in [0.1, 0.15) is 37.2 Å². The molecule has 1 saturated carbocycles. The third-order valence-corrected chi connectivity index (χ3v) is 2.65. The molecular formula is C10H14N2O3. The van der Waals surface area contributed by atoms with Crippen molar-refractivity contribution in [2.45, 2.75) is 32.7 Å². The van der Waals surface area contributed by atoms with E-state index in [9.17, 15) is 4.79 Å². The Morgan fingerprint density at radius 3 is 2.80 bits per heavy atom. The number of hydrogen-bond donors (Lipinski definition) is 2. The quantitative estimate of drug-likeness (QED) is 0.797. The van der Waals surface area contributed by atoms with Crippen molar-refractivity contribution in [2.75, 3.05) is 5.32 Å². The van der Waals surface area contributed by atoms with Crippen molar-refractivity contribution in [3.63, 3.8) is 0 Å². The van der Waals surface area contributed by atoms with Gasteiger partial charge in [0.1, 0.15) is 6.26 Å². The molecule has 1 aromatic heterocycles. The van der Waals surface area contributed by atoms with E-state index in [4.69, 9.17) is 9.52 Å². The van der Waals surface area contributed by atoms with Gasteiger partial charge in [0.2, 0.25) is 0 Å². The molecule has 5 heteroatoms. The fourth-order valence-corrected chi connectivity index (χ4v) is 1.99. The van der Waals surface area contributed by atoms with Crippen molar-refractivity contribution in [2.24, 2.45) is 5.41 Å². The first kappa shape index (κ1) is 10.0. The summed E-state index contributed by atoms with van der Waals surface area (Å²) in [6.45, 7) is 4.40. The predicted octanol–water partition coefficient (Wildman–Crippen LogP) is 1.97. The largest absolute Gasteiger partial charge is 0.476 e. The molecule has 2 N–H and O–H groups in total. The highest BCUT2D eigenvalue weighted by molar-refractivity contribution is 5.85. The summed E-state index contributed by atoms with van der Waals surface area (Å²) >= 11 is 0. The molecule has 0 spiro atoms. The van der Waals surface area contributed by atoms with Gasteiger partial charge in [0.15, 0.2) is 5.69 Å². The number of nitrogens with one attached hydrogen (secondary N) is 1. The average Bonchev–Trinajstić information content (AvgIpc) is 2.49. The molecule has 0 unspecified atom stereocenters. The number of anilines is 1. The van der Waals surface area contributed by atoms with E-state index in [0.717, 1.165) is 19.1 Å². The molecule has 5 nitrogen and oxygen atoms in total. The Balaban J connectivity index is 1.92. The average molecular weight is 210 g/mol. The van der Waals surface area contributed by atoms with Gasteiger partial charge in [-0.05, 0) is 18.3 Å². The van der Waals surface area contributed by atoms with E-state index in [-0.39, 0.29) is 5.69 Å². The van der Waals surface area contributed by atoms with E-state index in [1.165, 1.54) is 0 Å². The first-order valence-electron chi connectivity index (χ1n) is 4.92. The molecule has 1 aliphatic rings. The zero-order valence-corrected chi connectivity index (χ0v) is 8.78. The lowest BCUT2D eigenvalue weighted by atomic mass is 9.68. The molecule has 2 rings (SSSR count). The molecule has 0 amide bonds. The van der Waals surface area contributed by atoms with Crippen LogP contribution in [0.4, 0.5) is 6.01 Å². The van der Waals surface area contributed by atoms with E-state index >= 15 is 0 Å². The maximum absolute atomic E-state index is 10.5. The minimum absolute atomic E-state index is 0.0592. The SMILES string of the molecule is CC1(C)CC(Nc2nc(C(=O)O)co2)C1. The Morgan fingerprint density at radius 2 is 2.33 bits per heavy atom. The third-order valence-electron chi connectivity index (χ3n) is 2.65. The molecule has 15 heavy (non-hydrogen) atoms. The minimum atomic E-state index is -1.07. The number of carboxylic acid groups (broad SMARTS) is 1. The molecule has 0 atom stereocenters. The zero-order valence-electron chi connectivity index (χ0n) is 8.78. The third kappa shape index (κ3) is 2.11. The molecule has 1 heterocycles. The van der Waals surface area contributed by atoms with Gasteiger partial charge in [0.25, 0.3) is 6.01 Å². The van der Waals surface area contributed by atoms with Gasteiger partial charge in [0.05, 0.1) is 0 Å². The summed E-state index contributed by atoms with van der Waals surface area (Å²) in [6, 6.07) is 0.646. The lowest BCUT2D eigenvalue weighted by Gasteiger charge is -2.42. The lowest BCUT2D eigenvalue weighted by molar-refractivity contribution is 0.0690. The molecule has 0 aliphatic heterocycles. The molecule has 1 aliphatic carbocycles. The summed E-state index contributed by atoms with van der Waals surface area (Å²) in [4.78, 5) is 14.3. The summed E-state index contributed by atoms with van der Waals surface area (Å²) in [5.41, 5.74) is 0.316. The van der Waals surface area contributed by atoms with Gasteiger partial charge >= 0.3 is 5.97 Å². The second-order valence-corrected chi connectivity index (χ2v) is 4.76. The number of nitrogens with zero attached hydrogens (tertiary/aromatic N) is 1. The van der Waals surface area contributed by atoms with Gasteiger partial charge in [-0.15, -0.1) is 0 Å². The zero-order chi connectivity index (χ0) is 11.1. The lowest BCUT2D eigenvalue weighted by Crippen LogP contribution is -2.41. The van der Waals surface area contributed by atoms with Crippen molar-refractivity contribution in [1.29, 1.82) is 0 Å².